The fraction of sp³-hybridized carbons (Fsp3) is 0.632. The number of nitrogen functional groups attached to an aromatic ring is 1. The van der Waals surface area contributed by atoms with Crippen molar-refractivity contribution in [2.45, 2.75) is 78.6 Å². The van der Waals surface area contributed by atoms with Crippen molar-refractivity contribution < 1.29 is 0 Å². The van der Waals surface area contributed by atoms with Crippen LogP contribution in [0.1, 0.15) is 79.1 Å². The van der Waals surface area contributed by atoms with Gasteiger partial charge in [-0.3, -0.25) is 4.40 Å². The smallest absolute Gasteiger partial charge is 0.204 e. The Labute approximate surface area is 134 Å². The van der Waals surface area contributed by atoms with Gasteiger partial charge in [-0.25, -0.2) is 4.98 Å². The lowest BCUT2D eigenvalue weighted by molar-refractivity contribution is 0.559. The zero-order chi connectivity index (χ0) is 17.1. The summed E-state index contributed by atoms with van der Waals surface area (Å²) in [5.41, 5.74) is 11.4. The Kier molecular flexibility index (Phi) is 3.63. The standard InChI is InChI=1S/C19H31N3/c1-17(2,3)12-10-14(19(7,8)9)22-15(12)13(18(4,5)6)11-21-16(22)20/h10-11H,1-9H3,(H2,20,21). The lowest BCUT2D eigenvalue weighted by atomic mass is 9.81. The number of nitrogens with zero attached hydrogens (tertiary/aromatic N) is 2. The minimum Gasteiger partial charge on any atom is -0.369 e. The summed E-state index contributed by atoms with van der Waals surface area (Å²) in [7, 11) is 0. The van der Waals surface area contributed by atoms with E-state index in [-0.39, 0.29) is 16.2 Å². The zero-order valence-electron chi connectivity index (χ0n) is 15.6. The van der Waals surface area contributed by atoms with E-state index in [0.29, 0.717) is 5.95 Å². The third-order valence-electron chi connectivity index (χ3n) is 4.20. The van der Waals surface area contributed by atoms with E-state index >= 15 is 0 Å². The molecule has 2 aromatic rings. The van der Waals surface area contributed by atoms with Crippen LogP contribution in [0.3, 0.4) is 0 Å². The van der Waals surface area contributed by atoms with Crippen LogP contribution in [0.5, 0.6) is 0 Å². The van der Waals surface area contributed by atoms with Crippen LogP contribution < -0.4 is 5.73 Å². The molecule has 0 saturated carbocycles. The molecule has 0 aliphatic carbocycles. The van der Waals surface area contributed by atoms with Gasteiger partial charge in [-0.05, 0) is 22.5 Å². The maximum atomic E-state index is 6.27. The average Bonchev–Trinajstić information content (AvgIpc) is 2.67. The molecule has 0 aliphatic rings. The van der Waals surface area contributed by atoms with Crippen LogP contribution >= 0.6 is 0 Å². The Balaban J connectivity index is 3.06. The van der Waals surface area contributed by atoms with Crippen molar-refractivity contribution >= 4 is 11.5 Å². The van der Waals surface area contributed by atoms with E-state index in [1.807, 2.05) is 6.20 Å². The van der Waals surface area contributed by atoms with Crippen LogP contribution in [0.4, 0.5) is 5.95 Å². The van der Waals surface area contributed by atoms with E-state index in [9.17, 15) is 0 Å². The second-order valence-electron chi connectivity index (χ2n) is 9.41. The fourth-order valence-electron chi connectivity index (χ4n) is 2.94. The predicted molar refractivity (Wildman–Crippen MR) is 95.7 cm³/mol. The summed E-state index contributed by atoms with van der Waals surface area (Å²) < 4.78 is 2.17. The van der Waals surface area contributed by atoms with Crippen molar-refractivity contribution in [3.63, 3.8) is 0 Å². The lowest BCUT2D eigenvalue weighted by Crippen LogP contribution is -2.20. The Hall–Kier alpha value is -1.51. The van der Waals surface area contributed by atoms with Gasteiger partial charge in [-0.1, -0.05) is 62.3 Å². The molecular weight excluding hydrogens is 270 g/mol. The molecule has 3 nitrogen and oxygen atoms in total. The largest absolute Gasteiger partial charge is 0.369 e. The molecule has 0 saturated heterocycles. The van der Waals surface area contributed by atoms with Crippen LogP contribution in [0.25, 0.3) is 5.52 Å². The summed E-state index contributed by atoms with van der Waals surface area (Å²) in [6, 6.07) is 2.32. The number of hydrogen-bond acceptors (Lipinski definition) is 2. The van der Waals surface area contributed by atoms with Gasteiger partial charge in [0.25, 0.3) is 0 Å². The summed E-state index contributed by atoms with van der Waals surface area (Å²) in [5.74, 6) is 0.573. The predicted octanol–water partition coefficient (Wildman–Crippen LogP) is 4.81. The van der Waals surface area contributed by atoms with Crippen molar-refractivity contribution in [2.75, 3.05) is 5.73 Å². The van der Waals surface area contributed by atoms with Gasteiger partial charge in [0.15, 0.2) is 0 Å². The molecule has 22 heavy (non-hydrogen) atoms. The molecule has 0 unspecified atom stereocenters. The van der Waals surface area contributed by atoms with Crippen LogP contribution in [0.2, 0.25) is 0 Å². The molecule has 0 amide bonds. The Morgan fingerprint density at radius 1 is 0.818 bits per heavy atom. The van der Waals surface area contributed by atoms with E-state index < -0.39 is 0 Å². The van der Waals surface area contributed by atoms with Gasteiger partial charge in [0, 0.05) is 22.9 Å². The monoisotopic (exact) mass is 301 g/mol. The van der Waals surface area contributed by atoms with Gasteiger partial charge in [-0.2, -0.15) is 0 Å². The van der Waals surface area contributed by atoms with Crippen molar-refractivity contribution in [2.24, 2.45) is 0 Å². The van der Waals surface area contributed by atoms with Crippen molar-refractivity contribution in [1.29, 1.82) is 0 Å². The Morgan fingerprint density at radius 3 is 1.73 bits per heavy atom. The number of anilines is 1. The van der Waals surface area contributed by atoms with Gasteiger partial charge in [-0.15, -0.1) is 0 Å². The minimum absolute atomic E-state index is 0.0126. The summed E-state index contributed by atoms with van der Waals surface area (Å²) in [6.07, 6.45) is 1.95. The second kappa shape index (κ2) is 4.74. The quantitative estimate of drug-likeness (QED) is 0.759. The van der Waals surface area contributed by atoms with Crippen LogP contribution in [-0.4, -0.2) is 9.38 Å². The molecule has 2 N–H and O–H groups in total. The van der Waals surface area contributed by atoms with Crippen LogP contribution in [0.15, 0.2) is 12.3 Å². The average molecular weight is 301 g/mol. The third-order valence-corrected chi connectivity index (χ3v) is 4.20. The fourth-order valence-corrected chi connectivity index (χ4v) is 2.94. The first-order valence-corrected chi connectivity index (χ1v) is 8.06. The Morgan fingerprint density at radius 2 is 1.32 bits per heavy atom. The number of nitrogens with two attached hydrogens (primary N) is 1. The Bertz CT molecular complexity index is 701. The number of hydrogen-bond donors (Lipinski definition) is 1. The molecular formula is C19H31N3. The first-order chi connectivity index (χ1) is 9.74. The molecule has 3 heteroatoms. The molecule has 0 spiro atoms. The molecule has 0 fully saturated rings. The summed E-state index contributed by atoms with van der Waals surface area (Å²) in [4.78, 5) is 4.48. The molecule has 2 rings (SSSR count). The van der Waals surface area contributed by atoms with Crippen molar-refractivity contribution in [3.05, 3.63) is 29.1 Å². The van der Waals surface area contributed by atoms with Crippen LogP contribution in [0, 0.1) is 0 Å². The highest BCUT2D eigenvalue weighted by Crippen LogP contribution is 2.39. The van der Waals surface area contributed by atoms with Gasteiger partial charge < -0.3 is 5.73 Å². The number of aromatic nitrogens is 2. The molecule has 0 aromatic carbocycles. The topological polar surface area (TPSA) is 43.3 Å². The first-order valence-electron chi connectivity index (χ1n) is 8.06. The van der Waals surface area contributed by atoms with Gasteiger partial charge in [0.1, 0.15) is 0 Å². The molecule has 0 bridgehead atoms. The molecule has 0 aliphatic heterocycles. The van der Waals surface area contributed by atoms with E-state index in [0.717, 1.165) is 0 Å². The van der Waals surface area contributed by atoms with E-state index in [2.05, 4.69) is 77.8 Å². The lowest BCUT2D eigenvalue weighted by Gasteiger charge is -2.25. The summed E-state index contributed by atoms with van der Waals surface area (Å²) in [6.45, 7) is 20.2. The van der Waals surface area contributed by atoms with E-state index in [1.54, 1.807) is 0 Å². The summed E-state index contributed by atoms with van der Waals surface area (Å²) in [5, 5.41) is 0. The highest BCUT2D eigenvalue weighted by molar-refractivity contribution is 5.69. The van der Waals surface area contributed by atoms with Gasteiger partial charge in [0.05, 0.1) is 5.52 Å². The highest BCUT2D eigenvalue weighted by Gasteiger charge is 2.31. The minimum atomic E-state index is 0.0126. The van der Waals surface area contributed by atoms with Crippen molar-refractivity contribution in [1.82, 2.24) is 9.38 Å². The maximum absolute atomic E-state index is 6.27. The van der Waals surface area contributed by atoms with Crippen LogP contribution in [-0.2, 0) is 16.2 Å². The van der Waals surface area contributed by atoms with E-state index in [1.165, 1.54) is 22.3 Å². The highest BCUT2D eigenvalue weighted by atomic mass is 15.1. The summed E-state index contributed by atoms with van der Waals surface area (Å²) >= 11 is 0. The SMILES string of the molecule is CC(C)(C)c1cnc(N)n2c(C(C)(C)C)cc(C(C)(C)C)c12. The number of fused-ring (bicyclic) bond motifs is 1. The van der Waals surface area contributed by atoms with Crippen molar-refractivity contribution in [3.8, 4) is 0 Å². The van der Waals surface area contributed by atoms with Gasteiger partial charge in [0.2, 0.25) is 5.95 Å². The second-order valence-corrected chi connectivity index (χ2v) is 9.41. The zero-order valence-corrected chi connectivity index (χ0v) is 15.6. The number of rotatable bonds is 0. The first kappa shape index (κ1) is 16.9. The van der Waals surface area contributed by atoms with E-state index in [4.69, 9.17) is 5.73 Å². The molecule has 2 aromatic heterocycles. The normalized spacial score (nSPS) is 13.9. The molecule has 0 radical (unpaired) electrons. The molecule has 122 valence electrons. The van der Waals surface area contributed by atoms with Gasteiger partial charge >= 0.3 is 0 Å². The molecule has 2 heterocycles. The molecule has 0 atom stereocenters. The third kappa shape index (κ3) is 2.73. The maximum Gasteiger partial charge on any atom is 0.204 e.